The van der Waals surface area contributed by atoms with E-state index >= 15 is 0 Å². The summed E-state index contributed by atoms with van der Waals surface area (Å²) in [6.07, 6.45) is 1.57. The van der Waals surface area contributed by atoms with E-state index in [9.17, 15) is 4.79 Å². The van der Waals surface area contributed by atoms with Crippen molar-refractivity contribution in [2.75, 3.05) is 11.9 Å². The van der Waals surface area contributed by atoms with E-state index < -0.39 is 0 Å². The minimum absolute atomic E-state index is 0.168. The Labute approximate surface area is 119 Å². The molecule has 1 aromatic carbocycles. The summed E-state index contributed by atoms with van der Waals surface area (Å²) < 4.78 is 6.17. The standard InChI is InChI=1S/C14H13BrN2O2/c1-2-19-13-8-7-12(9-16-13)17-14(18)10-3-5-11(15)6-4-10/h3-9H,2H2,1H3,(H,17,18). The summed E-state index contributed by atoms with van der Waals surface area (Å²) in [5.41, 5.74) is 1.23. The predicted molar refractivity (Wildman–Crippen MR) is 77.5 cm³/mol. The molecule has 5 heteroatoms. The summed E-state index contributed by atoms with van der Waals surface area (Å²) >= 11 is 3.33. The van der Waals surface area contributed by atoms with Crippen molar-refractivity contribution >= 4 is 27.5 Å². The fourth-order valence-electron chi connectivity index (χ4n) is 1.49. The zero-order chi connectivity index (χ0) is 13.7. The fraction of sp³-hybridized carbons (Fsp3) is 0.143. The van der Waals surface area contributed by atoms with Crippen molar-refractivity contribution in [2.24, 2.45) is 0 Å². The molecule has 0 atom stereocenters. The Morgan fingerprint density at radius 3 is 2.58 bits per heavy atom. The van der Waals surface area contributed by atoms with Crippen LogP contribution < -0.4 is 10.1 Å². The number of aromatic nitrogens is 1. The van der Waals surface area contributed by atoms with Gasteiger partial charge in [-0.25, -0.2) is 4.98 Å². The number of ether oxygens (including phenoxy) is 1. The first kappa shape index (κ1) is 13.5. The van der Waals surface area contributed by atoms with Crippen molar-refractivity contribution in [3.63, 3.8) is 0 Å². The number of carbonyl (C=O) groups excluding carboxylic acids is 1. The molecule has 0 spiro atoms. The van der Waals surface area contributed by atoms with E-state index in [-0.39, 0.29) is 5.91 Å². The minimum Gasteiger partial charge on any atom is -0.478 e. The van der Waals surface area contributed by atoms with Gasteiger partial charge < -0.3 is 10.1 Å². The zero-order valence-corrected chi connectivity index (χ0v) is 12.0. The first-order chi connectivity index (χ1) is 9.19. The summed E-state index contributed by atoms with van der Waals surface area (Å²) in [6.45, 7) is 2.46. The van der Waals surface area contributed by atoms with Crippen molar-refractivity contribution < 1.29 is 9.53 Å². The Hall–Kier alpha value is -1.88. The van der Waals surface area contributed by atoms with E-state index in [1.807, 2.05) is 19.1 Å². The molecular weight excluding hydrogens is 308 g/mol. The molecule has 2 aromatic rings. The first-order valence-corrected chi connectivity index (χ1v) is 6.64. The molecule has 1 amide bonds. The number of rotatable bonds is 4. The second-order valence-corrected chi connectivity index (χ2v) is 4.69. The molecule has 0 saturated carbocycles. The van der Waals surface area contributed by atoms with Gasteiger partial charge in [-0.1, -0.05) is 15.9 Å². The number of halogens is 1. The number of hydrogen-bond acceptors (Lipinski definition) is 3. The molecule has 19 heavy (non-hydrogen) atoms. The number of nitrogens with one attached hydrogen (secondary N) is 1. The van der Waals surface area contributed by atoms with E-state index in [2.05, 4.69) is 26.2 Å². The molecule has 0 aliphatic carbocycles. The van der Waals surface area contributed by atoms with Gasteiger partial charge in [-0.3, -0.25) is 4.79 Å². The van der Waals surface area contributed by atoms with Crippen molar-refractivity contribution in [3.05, 3.63) is 52.6 Å². The van der Waals surface area contributed by atoms with Gasteiger partial charge in [-0.05, 0) is 37.3 Å². The van der Waals surface area contributed by atoms with Crippen LogP contribution >= 0.6 is 15.9 Å². The lowest BCUT2D eigenvalue weighted by atomic mass is 10.2. The van der Waals surface area contributed by atoms with Crippen molar-refractivity contribution in [1.29, 1.82) is 0 Å². The number of benzene rings is 1. The Balaban J connectivity index is 2.04. The van der Waals surface area contributed by atoms with Gasteiger partial charge in [-0.2, -0.15) is 0 Å². The number of hydrogen-bond donors (Lipinski definition) is 1. The van der Waals surface area contributed by atoms with Crippen LogP contribution in [0, 0.1) is 0 Å². The quantitative estimate of drug-likeness (QED) is 0.938. The highest BCUT2D eigenvalue weighted by Gasteiger charge is 2.06. The third kappa shape index (κ3) is 3.79. The first-order valence-electron chi connectivity index (χ1n) is 5.85. The number of amides is 1. The number of anilines is 1. The average Bonchev–Trinajstić information content (AvgIpc) is 2.42. The Kier molecular flexibility index (Phi) is 4.52. The van der Waals surface area contributed by atoms with Gasteiger partial charge in [-0.15, -0.1) is 0 Å². The molecule has 98 valence electrons. The van der Waals surface area contributed by atoms with E-state index in [1.54, 1.807) is 30.5 Å². The van der Waals surface area contributed by atoms with Gasteiger partial charge in [0, 0.05) is 16.1 Å². The molecule has 1 heterocycles. The smallest absolute Gasteiger partial charge is 0.255 e. The van der Waals surface area contributed by atoms with Crippen LogP contribution in [0.25, 0.3) is 0 Å². The fourth-order valence-corrected chi connectivity index (χ4v) is 1.76. The zero-order valence-electron chi connectivity index (χ0n) is 10.4. The predicted octanol–water partition coefficient (Wildman–Crippen LogP) is 3.50. The number of carbonyl (C=O) groups is 1. The molecule has 2 rings (SSSR count). The topological polar surface area (TPSA) is 51.2 Å². The largest absolute Gasteiger partial charge is 0.478 e. The van der Waals surface area contributed by atoms with Gasteiger partial charge in [0.25, 0.3) is 5.91 Å². The van der Waals surface area contributed by atoms with Crippen LogP contribution in [-0.2, 0) is 0 Å². The molecule has 0 unspecified atom stereocenters. The van der Waals surface area contributed by atoms with E-state index in [0.717, 1.165) is 4.47 Å². The van der Waals surface area contributed by atoms with Crippen LogP contribution in [0.2, 0.25) is 0 Å². The van der Waals surface area contributed by atoms with E-state index in [1.165, 1.54) is 0 Å². The highest BCUT2D eigenvalue weighted by molar-refractivity contribution is 9.10. The maximum atomic E-state index is 12.0. The second kappa shape index (κ2) is 6.33. The minimum atomic E-state index is -0.168. The molecule has 0 aliphatic heterocycles. The average molecular weight is 321 g/mol. The van der Waals surface area contributed by atoms with Crippen LogP contribution in [0.3, 0.4) is 0 Å². The molecular formula is C14H13BrN2O2. The maximum Gasteiger partial charge on any atom is 0.255 e. The molecule has 0 aliphatic rings. The molecule has 0 fully saturated rings. The maximum absolute atomic E-state index is 12.0. The van der Waals surface area contributed by atoms with Crippen LogP contribution in [0.1, 0.15) is 17.3 Å². The van der Waals surface area contributed by atoms with Gasteiger partial charge in [0.05, 0.1) is 18.5 Å². The highest BCUT2D eigenvalue weighted by Crippen LogP contribution is 2.14. The third-order valence-corrected chi connectivity index (χ3v) is 2.92. The number of pyridine rings is 1. The Morgan fingerprint density at radius 2 is 2.00 bits per heavy atom. The summed E-state index contributed by atoms with van der Waals surface area (Å²) in [5, 5.41) is 2.77. The summed E-state index contributed by atoms with van der Waals surface area (Å²) in [6, 6.07) is 10.6. The van der Waals surface area contributed by atoms with Gasteiger partial charge in [0.1, 0.15) is 0 Å². The van der Waals surface area contributed by atoms with Crippen LogP contribution in [0.4, 0.5) is 5.69 Å². The summed E-state index contributed by atoms with van der Waals surface area (Å²) in [4.78, 5) is 16.0. The molecule has 0 saturated heterocycles. The van der Waals surface area contributed by atoms with Crippen LogP contribution in [-0.4, -0.2) is 17.5 Å². The summed E-state index contributed by atoms with van der Waals surface area (Å²) in [5.74, 6) is 0.377. The Morgan fingerprint density at radius 1 is 1.26 bits per heavy atom. The van der Waals surface area contributed by atoms with Crippen molar-refractivity contribution in [1.82, 2.24) is 4.98 Å². The third-order valence-electron chi connectivity index (χ3n) is 2.39. The van der Waals surface area contributed by atoms with Crippen molar-refractivity contribution in [3.8, 4) is 5.88 Å². The van der Waals surface area contributed by atoms with Crippen molar-refractivity contribution in [2.45, 2.75) is 6.92 Å². The monoisotopic (exact) mass is 320 g/mol. The SMILES string of the molecule is CCOc1ccc(NC(=O)c2ccc(Br)cc2)cn1. The lowest BCUT2D eigenvalue weighted by Gasteiger charge is -2.06. The highest BCUT2D eigenvalue weighted by atomic mass is 79.9. The van der Waals surface area contributed by atoms with Gasteiger partial charge in [0.15, 0.2) is 0 Å². The van der Waals surface area contributed by atoms with Gasteiger partial charge >= 0.3 is 0 Å². The Bertz CT molecular complexity index is 553. The van der Waals surface area contributed by atoms with Crippen LogP contribution in [0.15, 0.2) is 47.1 Å². The molecule has 1 N–H and O–H groups in total. The second-order valence-electron chi connectivity index (χ2n) is 3.78. The summed E-state index contributed by atoms with van der Waals surface area (Å²) in [7, 11) is 0. The molecule has 0 bridgehead atoms. The number of nitrogens with zero attached hydrogens (tertiary/aromatic N) is 1. The lowest BCUT2D eigenvalue weighted by molar-refractivity contribution is 0.102. The molecule has 1 aromatic heterocycles. The van der Waals surface area contributed by atoms with E-state index in [0.29, 0.717) is 23.7 Å². The molecule has 4 nitrogen and oxygen atoms in total. The normalized spacial score (nSPS) is 10.0. The van der Waals surface area contributed by atoms with E-state index in [4.69, 9.17) is 4.74 Å². The van der Waals surface area contributed by atoms with Gasteiger partial charge in [0.2, 0.25) is 5.88 Å². The molecule has 0 radical (unpaired) electrons. The lowest BCUT2D eigenvalue weighted by Crippen LogP contribution is -2.11. The van der Waals surface area contributed by atoms with Crippen LogP contribution in [0.5, 0.6) is 5.88 Å².